The third kappa shape index (κ3) is 5.59. The number of amides is 2. The molecule has 10 nitrogen and oxygen atoms in total. The summed E-state index contributed by atoms with van der Waals surface area (Å²) in [6.45, 7) is 1.54. The molecular weight excluding hydrogens is 354 g/mol. The van der Waals surface area contributed by atoms with Gasteiger partial charge in [0.15, 0.2) is 0 Å². The summed E-state index contributed by atoms with van der Waals surface area (Å²) in [5.41, 5.74) is 2.54. The average Bonchev–Trinajstić information content (AvgIpc) is 2.66. The minimum atomic E-state index is -0.619. The standard InChI is InChI=1S/C17H17N5O5/c1-11(20-21-17(24)14-5-3-4-8-18-14)9-16(23)19-13-7-6-12(27-2)10-15(13)22(25)26/h3-8,10H,9H2,1-2H3,(H,19,23)(H,21,24)/b20-11-. The summed E-state index contributed by atoms with van der Waals surface area (Å²) in [5.74, 6) is -0.729. The van der Waals surface area contributed by atoms with Gasteiger partial charge in [-0.05, 0) is 31.2 Å². The lowest BCUT2D eigenvalue weighted by atomic mass is 10.2. The quantitative estimate of drug-likeness (QED) is 0.435. The Hall–Kier alpha value is -3.82. The Morgan fingerprint density at radius 3 is 2.70 bits per heavy atom. The van der Waals surface area contributed by atoms with Crippen LogP contribution in [0.2, 0.25) is 0 Å². The zero-order valence-corrected chi connectivity index (χ0v) is 14.6. The Morgan fingerprint density at radius 2 is 2.07 bits per heavy atom. The molecule has 0 bridgehead atoms. The summed E-state index contributed by atoms with van der Waals surface area (Å²) in [7, 11) is 1.39. The number of aromatic nitrogens is 1. The van der Waals surface area contributed by atoms with Crippen LogP contribution in [-0.2, 0) is 4.79 Å². The third-order valence-corrected chi connectivity index (χ3v) is 3.34. The van der Waals surface area contributed by atoms with Crippen molar-refractivity contribution in [2.45, 2.75) is 13.3 Å². The van der Waals surface area contributed by atoms with Gasteiger partial charge in [0.25, 0.3) is 11.6 Å². The fourth-order valence-electron chi connectivity index (χ4n) is 2.06. The first-order valence-electron chi connectivity index (χ1n) is 7.77. The van der Waals surface area contributed by atoms with Crippen LogP contribution in [0.15, 0.2) is 47.7 Å². The van der Waals surface area contributed by atoms with Crippen molar-refractivity contribution >= 4 is 28.9 Å². The van der Waals surface area contributed by atoms with Crippen molar-refractivity contribution in [3.63, 3.8) is 0 Å². The van der Waals surface area contributed by atoms with Gasteiger partial charge in [0.05, 0.1) is 24.5 Å². The van der Waals surface area contributed by atoms with Gasteiger partial charge in [0.2, 0.25) is 5.91 Å². The number of nitro benzene ring substituents is 1. The maximum atomic E-state index is 12.1. The number of benzene rings is 1. The number of hydrogen-bond acceptors (Lipinski definition) is 7. The number of nitrogens with one attached hydrogen (secondary N) is 2. The smallest absolute Gasteiger partial charge is 0.296 e. The summed E-state index contributed by atoms with van der Waals surface area (Å²) >= 11 is 0. The van der Waals surface area contributed by atoms with Crippen molar-refractivity contribution in [2.75, 3.05) is 12.4 Å². The van der Waals surface area contributed by atoms with Gasteiger partial charge in [-0.2, -0.15) is 5.10 Å². The first kappa shape index (κ1) is 19.5. The molecule has 0 radical (unpaired) electrons. The van der Waals surface area contributed by atoms with E-state index in [9.17, 15) is 19.7 Å². The number of carbonyl (C=O) groups is 2. The predicted molar refractivity (Wildman–Crippen MR) is 97.7 cm³/mol. The highest BCUT2D eigenvalue weighted by atomic mass is 16.6. The number of carbonyl (C=O) groups excluding carboxylic acids is 2. The molecule has 0 atom stereocenters. The van der Waals surface area contributed by atoms with E-state index in [1.165, 1.54) is 37.6 Å². The number of ether oxygens (including phenoxy) is 1. The number of rotatable bonds is 7. The Bertz CT molecular complexity index is 883. The molecule has 2 amide bonds. The van der Waals surface area contributed by atoms with E-state index in [-0.39, 0.29) is 23.5 Å². The van der Waals surface area contributed by atoms with Crippen molar-refractivity contribution in [1.82, 2.24) is 10.4 Å². The molecule has 2 N–H and O–H groups in total. The van der Waals surface area contributed by atoms with E-state index in [1.807, 2.05) is 0 Å². The van der Waals surface area contributed by atoms with E-state index in [1.54, 1.807) is 19.1 Å². The van der Waals surface area contributed by atoms with E-state index < -0.39 is 16.7 Å². The Kier molecular flexibility index (Phi) is 6.53. The van der Waals surface area contributed by atoms with E-state index in [0.717, 1.165) is 0 Å². The minimum absolute atomic E-state index is 0.0381. The number of hydrogen-bond donors (Lipinski definition) is 2. The molecule has 0 aliphatic rings. The van der Waals surface area contributed by atoms with Crippen molar-refractivity contribution in [3.8, 4) is 5.75 Å². The molecule has 1 aromatic heterocycles. The maximum Gasteiger partial charge on any atom is 0.296 e. The highest BCUT2D eigenvalue weighted by Gasteiger charge is 2.17. The SMILES string of the molecule is COc1ccc(NC(=O)C/C(C)=N\NC(=O)c2ccccn2)c([N+](=O)[O-])c1. The largest absolute Gasteiger partial charge is 0.496 e. The molecular formula is C17H17N5O5. The Morgan fingerprint density at radius 1 is 1.30 bits per heavy atom. The minimum Gasteiger partial charge on any atom is -0.496 e. The van der Waals surface area contributed by atoms with Gasteiger partial charge in [-0.1, -0.05) is 6.07 Å². The molecule has 2 aromatic rings. The molecule has 10 heteroatoms. The van der Waals surface area contributed by atoms with Gasteiger partial charge in [0, 0.05) is 11.9 Å². The van der Waals surface area contributed by atoms with Crippen molar-refractivity contribution in [2.24, 2.45) is 5.10 Å². The number of nitro groups is 1. The number of nitrogens with zero attached hydrogens (tertiary/aromatic N) is 3. The molecule has 0 fully saturated rings. The molecule has 0 unspecified atom stereocenters. The van der Waals surface area contributed by atoms with Crippen LogP contribution in [0, 0.1) is 10.1 Å². The lowest BCUT2D eigenvalue weighted by Crippen LogP contribution is -2.22. The lowest BCUT2D eigenvalue weighted by Gasteiger charge is -2.07. The van der Waals surface area contributed by atoms with Gasteiger partial charge in [-0.25, -0.2) is 5.43 Å². The second-order valence-electron chi connectivity index (χ2n) is 5.37. The van der Waals surface area contributed by atoms with E-state index in [4.69, 9.17) is 4.74 Å². The van der Waals surface area contributed by atoms with Crippen LogP contribution in [0.1, 0.15) is 23.8 Å². The van der Waals surface area contributed by atoms with Gasteiger partial charge < -0.3 is 10.1 Å². The fraction of sp³-hybridized carbons (Fsp3) is 0.176. The zero-order chi connectivity index (χ0) is 19.8. The molecule has 0 aliphatic heterocycles. The van der Waals surface area contributed by atoms with E-state index >= 15 is 0 Å². The molecule has 0 saturated carbocycles. The predicted octanol–water partition coefficient (Wildman–Crippen LogP) is 2.13. The number of anilines is 1. The highest BCUT2D eigenvalue weighted by Crippen LogP contribution is 2.28. The van der Waals surface area contributed by atoms with Crippen LogP contribution in [0.3, 0.4) is 0 Å². The second-order valence-corrected chi connectivity index (χ2v) is 5.37. The van der Waals surface area contributed by atoms with Gasteiger partial charge in [-0.3, -0.25) is 24.7 Å². The molecule has 0 saturated heterocycles. The lowest BCUT2D eigenvalue weighted by molar-refractivity contribution is -0.384. The average molecular weight is 371 g/mol. The number of hydrazone groups is 1. The maximum absolute atomic E-state index is 12.1. The number of pyridine rings is 1. The molecule has 2 rings (SSSR count). The summed E-state index contributed by atoms with van der Waals surface area (Å²) < 4.78 is 4.94. The molecule has 140 valence electrons. The molecule has 1 aromatic carbocycles. The third-order valence-electron chi connectivity index (χ3n) is 3.34. The molecule has 0 aliphatic carbocycles. The van der Waals surface area contributed by atoms with Gasteiger partial charge >= 0.3 is 0 Å². The normalized spacial score (nSPS) is 10.8. The van der Waals surface area contributed by atoms with Crippen LogP contribution in [0.25, 0.3) is 0 Å². The monoisotopic (exact) mass is 371 g/mol. The van der Waals surface area contributed by atoms with Crippen LogP contribution >= 0.6 is 0 Å². The number of methoxy groups -OCH3 is 1. The second kappa shape index (κ2) is 9.04. The van der Waals surface area contributed by atoms with Crippen LogP contribution in [0.4, 0.5) is 11.4 Å². The van der Waals surface area contributed by atoms with Gasteiger partial charge in [-0.15, -0.1) is 0 Å². The summed E-state index contributed by atoms with van der Waals surface area (Å²) in [5, 5.41) is 17.4. The Balaban J connectivity index is 1.99. The first-order valence-corrected chi connectivity index (χ1v) is 7.77. The van der Waals surface area contributed by atoms with Crippen LogP contribution in [-0.4, -0.2) is 34.5 Å². The van der Waals surface area contributed by atoms with E-state index in [0.29, 0.717) is 11.5 Å². The summed E-state index contributed by atoms with van der Waals surface area (Å²) in [4.78, 5) is 38.3. The fourth-order valence-corrected chi connectivity index (χ4v) is 2.06. The van der Waals surface area contributed by atoms with Crippen LogP contribution < -0.4 is 15.5 Å². The zero-order valence-electron chi connectivity index (χ0n) is 14.6. The highest BCUT2D eigenvalue weighted by molar-refractivity contribution is 6.06. The van der Waals surface area contributed by atoms with Crippen LogP contribution in [0.5, 0.6) is 5.75 Å². The molecule has 1 heterocycles. The first-order chi connectivity index (χ1) is 12.9. The summed E-state index contributed by atoms with van der Waals surface area (Å²) in [6, 6.07) is 8.95. The topological polar surface area (TPSA) is 136 Å². The molecule has 0 spiro atoms. The van der Waals surface area contributed by atoms with Crippen molar-refractivity contribution < 1.29 is 19.2 Å². The van der Waals surface area contributed by atoms with Crippen molar-refractivity contribution in [1.29, 1.82) is 0 Å². The van der Waals surface area contributed by atoms with E-state index in [2.05, 4.69) is 20.8 Å². The Labute approximate surface area is 154 Å². The van der Waals surface area contributed by atoms with Crippen molar-refractivity contribution in [3.05, 3.63) is 58.4 Å². The summed E-state index contributed by atoms with van der Waals surface area (Å²) in [6.07, 6.45) is 1.31. The molecule has 27 heavy (non-hydrogen) atoms. The van der Waals surface area contributed by atoms with Gasteiger partial charge in [0.1, 0.15) is 17.1 Å².